The molecule has 48 heavy (non-hydrogen) atoms. The Balaban J connectivity index is 1.20. The first kappa shape index (κ1) is 33.4. The summed E-state index contributed by atoms with van der Waals surface area (Å²) in [7, 11) is 0. The minimum Gasteiger partial charge on any atom is -0.361 e. The summed E-state index contributed by atoms with van der Waals surface area (Å²) in [5, 5.41) is 16.6. The molecule has 0 aliphatic heterocycles. The Kier molecular flexibility index (Phi) is 9.44. The van der Waals surface area contributed by atoms with Crippen molar-refractivity contribution >= 4 is 40.6 Å². The SMILES string of the molecule is N=CC(=O)CC[C@H](NC(=O)[C@H](Cc1c[nH]c2ccccc12)NC(=O)C12CC3CC(CC(C3)C1)C2)C(=O)NCc1ccc(C(F)(F)F)cc1. The summed E-state index contributed by atoms with van der Waals surface area (Å²) in [4.78, 5) is 56.7. The molecule has 2 atom stereocenters. The first-order valence-electron chi connectivity index (χ1n) is 16.6. The van der Waals surface area contributed by atoms with Crippen molar-refractivity contribution in [2.45, 2.75) is 82.6 Å². The maximum absolute atomic E-state index is 14.1. The van der Waals surface area contributed by atoms with Crippen molar-refractivity contribution in [2.75, 3.05) is 0 Å². The van der Waals surface area contributed by atoms with E-state index in [2.05, 4.69) is 20.9 Å². The number of rotatable bonds is 13. The second-order valence-electron chi connectivity index (χ2n) is 13.9. The fraction of sp³-hybridized carbons (Fsp3) is 0.472. The van der Waals surface area contributed by atoms with Crippen LogP contribution in [0.2, 0.25) is 0 Å². The Hall–Kier alpha value is -4.48. The van der Waals surface area contributed by atoms with Crippen LogP contribution in [0.1, 0.15) is 68.1 Å². The highest BCUT2D eigenvalue weighted by molar-refractivity contribution is 6.26. The number of ketones is 1. The van der Waals surface area contributed by atoms with Gasteiger partial charge in [0.05, 0.1) is 11.8 Å². The fourth-order valence-electron chi connectivity index (χ4n) is 8.45. The predicted molar refractivity (Wildman–Crippen MR) is 173 cm³/mol. The second kappa shape index (κ2) is 13.6. The van der Waals surface area contributed by atoms with E-state index in [9.17, 15) is 32.3 Å². The van der Waals surface area contributed by atoms with Crippen molar-refractivity contribution in [1.82, 2.24) is 20.9 Å². The largest absolute Gasteiger partial charge is 0.416 e. The van der Waals surface area contributed by atoms with E-state index >= 15 is 0 Å². The molecule has 0 unspecified atom stereocenters. The summed E-state index contributed by atoms with van der Waals surface area (Å²) in [6.07, 6.45) is 3.73. The number of fused-ring (bicyclic) bond motifs is 1. The first-order chi connectivity index (χ1) is 22.9. The van der Waals surface area contributed by atoms with Gasteiger partial charge in [0.1, 0.15) is 12.1 Å². The summed E-state index contributed by atoms with van der Waals surface area (Å²) < 4.78 is 39.0. The van der Waals surface area contributed by atoms with Gasteiger partial charge in [0.25, 0.3) is 0 Å². The Morgan fingerprint density at radius 3 is 2.17 bits per heavy atom. The third-order valence-corrected chi connectivity index (χ3v) is 10.5. The number of halogens is 3. The molecule has 9 nitrogen and oxygen atoms in total. The number of amides is 3. The van der Waals surface area contributed by atoms with E-state index in [4.69, 9.17) is 5.41 Å². The van der Waals surface area contributed by atoms with Crippen LogP contribution in [-0.4, -0.2) is 46.8 Å². The van der Waals surface area contributed by atoms with E-state index in [1.807, 2.05) is 24.3 Å². The molecule has 3 amide bonds. The number of hydrogen-bond acceptors (Lipinski definition) is 5. The zero-order valence-corrected chi connectivity index (χ0v) is 26.5. The molecule has 3 aromatic rings. The van der Waals surface area contributed by atoms with Crippen LogP contribution < -0.4 is 16.0 Å². The number of Topliss-reactive ketones (excluding diaryl/α,β-unsaturated/α-hetero) is 1. The van der Waals surface area contributed by atoms with Crippen molar-refractivity contribution in [3.8, 4) is 0 Å². The van der Waals surface area contributed by atoms with Crippen molar-refractivity contribution in [2.24, 2.45) is 23.2 Å². The quantitative estimate of drug-likeness (QED) is 0.160. The van der Waals surface area contributed by atoms with E-state index < -0.39 is 46.8 Å². The summed E-state index contributed by atoms with van der Waals surface area (Å²) >= 11 is 0. The van der Waals surface area contributed by atoms with Crippen LogP contribution in [0.4, 0.5) is 13.2 Å². The number of H-pyrrole nitrogens is 1. The van der Waals surface area contributed by atoms with Gasteiger partial charge < -0.3 is 26.3 Å². The van der Waals surface area contributed by atoms with Crippen LogP contribution in [0.25, 0.3) is 10.9 Å². The lowest BCUT2D eigenvalue weighted by molar-refractivity contribution is -0.148. The molecule has 0 spiro atoms. The monoisotopic (exact) mass is 663 g/mol. The van der Waals surface area contributed by atoms with Crippen LogP contribution in [0.5, 0.6) is 0 Å². The van der Waals surface area contributed by atoms with Gasteiger partial charge in [-0.1, -0.05) is 30.3 Å². The topological polar surface area (TPSA) is 144 Å². The molecule has 0 radical (unpaired) electrons. The van der Waals surface area contributed by atoms with Gasteiger partial charge in [-0.25, -0.2) is 0 Å². The lowest BCUT2D eigenvalue weighted by Gasteiger charge is -2.55. The van der Waals surface area contributed by atoms with Crippen molar-refractivity contribution in [3.63, 3.8) is 0 Å². The van der Waals surface area contributed by atoms with Gasteiger partial charge in [-0.3, -0.25) is 19.2 Å². The van der Waals surface area contributed by atoms with E-state index in [1.54, 1.807) is 6.20 Å². The minimum atomic E-state index is -4.49. The van der Waals surface area contributed by atoms with Crippen molar-refractivity contribution in [3.05, 3.63) is 71.4 Å². The lowest BCUT2D eigenvalue weighted by Crippen LogP contribution is -2.59. The highest BCUT2D eigenvalue weighted by Gasteiger charge is 2.55. The van der Waals surface area contributed by atoms with E-state index in [1.165, 1.54) is 12.1 Å². The average molecular weight is 664 g/mol. The summed E-state index contributed by atoms with van der Waals surface area (Å²) in [6.45, 7) is -0.108. The predicted octanol–water partition coefficient (Wildman–Crippen LogP) is 5.23. The van der Waals surface area contributed by atoms with Crippen molar-refractivity contribution in [1.29, 1.82) is 5.41 Å². The maximum atomic E-state index is 14.1. The lowest BCUT2D eigenvalue weighted by atomic mass is 9.49. The molecule has 1 heterocycles. The van der Waals surface area contributed by atoms with Gasteiger partial charge >= 0.3 is 6.18 Å². The first-order valence-corrected chi connectivity index (χ1v) is 16.6. The molecule has 7 rings (SSSR count). The number of aromatic nitrogens is 1. The normalized spacial score (nSPS) is 24.1. The molecule has 5 N–H and O–H groups in total. The molecule has 4 aliphatic carbocycles. The number of alkyl halides is 3. The van der Waals surface area contributed by atoms with E-state index in [-0.39, 0.29) is 31.7 Å². The Morgan fingerprint density at radius 2 is 1.54 bits per heavy atom. The van der Waals surface area contributed by atoms with E-state index in [0.717, 1.165) is 67.1 Å². The number of para-hydroxylation sites is 1. The highest BCUT2D eigenvalue weighted by Crippen LogP contribution is 2.60. The molecular weight excluding hydrogens is 623 g/mol. The van der Waals surface area contributed by atoms with Crippen LogP contribution in [0.15, 0.2) is 54.7 Å². The Labute approximate surface area is 276 Å². The summed E-state index contributed by atoms with van der Waals surface area (Å²) in [6, 6.07) is 9.77. The van der Waals surface area contributed by atoms with Gasteiger partial charge in [0, 0.05) is 41.9 Å². The fourth-order valence-corrected chi connectivity index (χ4v) is 8.45. The zero-order chi connectivity index (χ0) is 34.1. The molecule has 4 bridgehead atoms. The molecular formula is C36H40F3N5O4. The van der Waals surface area contributed by atoms with Gasteiger partial charge in [-0.15, -0.1) is 0 Å². The van der Waals surface area contributed by atoms with Crippen LogP contribution in [0, 0.1) is 28.6 Å². The summed E-state index contributed by atoms with van der Waals surface area (Å²) in [5.41, 5.74) is 0.785. The number of nitrogens with one attached hydrogen (secondary N) is 5. The number of carbonyl (C=O) groups excluding carboxylic acids is 4. The minimum absolute atomic E-state index is 0.108. The van der Waals surface area contributed by atoms with Gasteiger partial charge in [0.2, 0.25) is 17.7 Å². The second-order valence-corrected chi connectivity index (χ2v) is 13.9. The molecule has 0 saturated heterocycles. The van der Waals surface area contributed by atoms with Crippen LogP contribution in [-0.2, 0) is 38.3 Å². The third-order valence-electron chi connectivity index (χ3n) is 10.5. The molecule has 4 fully saturated rings. The zero-order valence-electron chi connectivity index (χ0n) is 26.5. The van der Waals surface area contributed by atoms with Gasteiger partial charge in [-0.2, -0.15) is 13.2 Å². The number of aromatic amines is 1. The number of carbonyl (C=O) groups is 4. The number of hydrogen-bond donors (Lipinski definition) is 5. The standard InChI is InChI=1S/C36H40F3N5O4/c37-36(38,39)26-7-5-21(6-8-26)19-42-32(46)30(10-9-27(45)18-40)43-33(47)31(14-25-20-41-29-4-2-1-3-28(25)29)44-34(48)35-15-22-11-23(16-35)13-24(12-22)17-35/h1-8,18,20,22-24,30-31,40-41H,9-17,19H2,(H,42,46)(H,43,47)(H,44,48)/t22?,23?,24?,30-,31-,35?/m0/s1. The van der Waals surface area contributed by atoms with Crippen LogP contribution in [0.3, 0.4) is 0 Å². The molecule has 254 valence electrons. The van der Waals surface area contributed by atoms with E-state index in [0.29, 0.717) is 29.5 Å². The van der Waals surface area contributed by atoms with Crippen molar-refractivity contribution < 1.29 is 32.3 Å². The third kappa shape index (κ3) is 7.32. The van der Waals surface area contributed by atoms with Gasteiger partial charge in [-0.05, 0) is 92.0 Å². The number of benzene rings is 2. The average Bonchev–Trinajstić information content (AvgIpc) is 3.46. The van der Waals surface area contributed by atoms with Crippen LogP contribution >= 0.6 is 0 Å². The molecule has 4 aliphatic rings. The molecule has 1 aromatic heterocycles. The maximum Gasteiger partial charge on any atom is 0.416 e. The summed E-state index contributed by atoms with van der Waals surface area (Å²) in [5.74, 6) is -0.334. The van der Waals surface area contributed by atoms with Gasteiger partial charge in [0.15, 0.2) is 5.78 Å². The smallest absolute Gasteiger partial charge is 0.361 e. The Morgan fingerprint density at radius 1 is 0.896 bits per heavy atom. The highest BCUT2D eigenvalue weighted by atomic mass is 19.4. The molecule has 2 aromatic carbocycles. The Bertz CT molecular complexity index is 1660. The molecule has 4 saturated carbocycles. The molecule has 12 heteroatoms.